The van der Waals surface area contributed by atoms with Crippen molar-refractivity contribution in [2.45, 2.75) is 32.7 Å². The van der Waals surface area contributed by atoms with Gasteiger partial charge >= 0.3 is 0 Å². The van der Waals surface area contributed by atoms with Crippen molar-refractivity contribution in [3.8, 4) is 6.07 Å². The van der Waals surface area contributed by atoms with Gasteiger partial charge in [-0.2, -0.15) is 5.26 Å². The van der Waals surface area contributed by atoms with Crippen molar-refractivity contribution in [3.05, 3.63) is 57.8 Å². The summed E-state index contributed by atoms with van der Waals surface area (Å²) in [5, 5.41) is 8.92. The van der Waals surface area contributed by atoms with Gasteiger partial charge in [0.25, 0.3) is 5.91 Å². The highest BCUT2D eigenvalue weighted by atomic mass is 19.1. The predicted octanol–water partition coefficient (Wildman–Crippen LogP) is 3.00. The van der Waals surface area contributed by atoms with Crippen LogP contribution in [0.1, 0.15) is 39.7 Å². The van der Waals surface area contributed by atoms with Crippen molar-refractivity contribution in [2.75, 3.05) is 19.5 Å². The number of aromatic nitrogens is 2. The molecule has 1 aromatic carbocycles. The molecular formula is C22H21F2N5O3. The molecule has 0 unspecified atom stereocenters. The molecule has 0 spiro atoms. The third-order valence-electron chi connectivity index (χ3n) is 5.54. The number of fused-ring (bicyclic) bond motifs is 3. The van der Waals surface area contributed by atoms with E-state index in [2.05, 4.69) is 9.97 Å². The van der Waals surface area contributed by atoms with Crippen molar-refractivity contribution in [1.82, 2.24) is 14.9 Å². The highest BCUT2D eigenvalue weighted by Gasteiger charge is 2.28. The number of anilines is 1. The number of pyridine rings is 1. The van der Waals surface area contributed by atoms with Crippen molar-refractivity contribution in [3.63, 3.8) is 0 Å². The Kier molecular flexibility index (Phi) is 5.78. The van der Waals surface area contributed by atoms with Crippen molar-refractivity contribution >= 4 is 22.8 Å². The molecule has 3 aromatic rings. The standard InChI is InChI=1S/C22H21F2N5O3/c1-11(8-31-2)29(7-13-16(23)3-12(6-25)4-17(13)24)22(30)19-5-18-20(27-19)14-9-32-10-15(14)21(26)28-18/h3-5,11,27H,7-10H2,1-2H3,(H2,26,28)/t11-/m1/s1. The molecule has 2 aromatic heterocycles. The number of carbonyl (C=O) groups is 1. The number of H-pyrrole nitrogens is 1. The number of halogens is 2. The Hall–Kier alpha value is -3.55. The lowest BCUT2D eigenvalue weighted by molar-refractivity contribution is 0.0532. The number of hydrogen-bond acceptors (Lipinski definition) is 6. The molecule has 0 fully saturated rings. The summed E-state index contributed by atoms with van der Waals surface area (Å²) in [6.07, 6.45) is 0. The van der Waals surface area contributed by atoms with Crippen LogP contribution in [0.4, 0.5) is 14.6 Å². The smallest absolute Gasteiger partial charge is 0.270 e. The zero-order valence-electron chi connectivity index (χ0n) is 17.5. The maximum absolute atomic E-state index is 14.5. The zero-order chi connectivity index (χ0) is 23.0. The minimum atomic E-state index is -0.898. The summed E-state index contributed by atoms with van der Waals surface area (Å²) in [5.41, 5.74) is 8.53. The lowest BCUT2D eigenvalue weighted by atomic mass is 10.1. The van der Waals surface area contributed by atoms with Crippen LogP contribution in [0.5, 0.6) is 0 Å². The number of hydrogen-bond donors (Lipinski definition) is 2. The number of methoxy groups -OCH3 is 1. The third kappa shape index (κ3) is 3.77. The summed E-state index contributed by atoms with van der Waals surface area (Å²) in [4.78, 5) is 22.1. The molecule has 10 heteroatoms. The fraction of sp³-hybridized carbons (Fsp3) is 0.318. The number of nitrogen functional groups attached to an aromatic ring is 1. The van der Waals surface area contributed by atoms with E-state index < -0.39 is 23.6 Å². The molecule has 1 atom stereocenters. The van der Waals surface area contributed by atoms with Crippen LogP contribution in [0.15, 0.2) is 18.2 Å². The van der Waals surface area contributed by atoms with Gasteiger partial charge in [0.05, 0.1) is 55.1 Å². The van der Waals surface area contributed by atoms with Gasteiger partial charge in [-0.25, -0.2) is 13.8 Å². The van der Waals surface area contributed by atoms with Crippen LogP contribution in [0.3, 0.4) is 0 Å². The van der Waals surface area contributed by atoms with Gasteiger partial charge in [0.2, 0.25) is 0 Å². The Morgan fingerprint density at radius 1 is 1.34 bits per heavy atom. The minimum Gasteiger partial charge on any atom is -0.383 e. The van der Waals surface area contributed by atoms with Crippen molar-refractivity contribution < 1.29 is 23.0 Å². The molecule has 1 aliphatic rings. The molecule has 1 amide bonds. The summed E-state index contributed by atoms with van der Waals surface area (Å²) in [6.45, 7) is 2.21. The number of nitriles is 1. The number of aromatic amines is 1. The predicted molar refractivity (Wildman–Crippen MR) is 111 cm³/mol. The number of nitrogens with two attached hydrogens (primary N) is 1. The van der Waals surface area contributed by atoms with Gasteiger partial charge < -0.3 is 25.1 Å². The first-order chi connectivity index (χ1) is 15.3. The van der Waals surface area contributed by atoms with Crippen LogP contribution in [0.25, 0.3) is 11.0 Å². The molecule has 166 valence electrons. The largest absolute Gasteiger partial charge is 0.383 e. The number of nitrogens with one attached hydrogen (secondary N) is 1. The van der Waals surface area contributed by atoms with Crippen LogP contribution < -0.4 is 5.73 Å². The number of benzene rings is 1. The Morgan fingerprint density at radius 3 is 2.69 bits per heavy atom. The van der Waals surface area contributed by atoms with E-state index in [1.165, 1.54) is 12.0 Å². The van der Waals surface area contributed by atoms with Crippen LogP contribution in [0, 0.1) is 23.0 Å². The maximum Gasteiger partial charge on any atom is 0.270 e. The van der Waals surface area contributed by atoms with Gasteiger partial charge in [0.1, 0.15) is 23.1 Å². The van der Waals surface area contributed by atoms with E-state index in [-0.39, 0.29) is 30.0 Å². The normalized spacial score (nSPS) is 13.7. The molecule has 8 nitrogen and oxygen atoms in total. The number of nitrogens with zero attached hydrogens (tertiary/aromatic N) is 3. The summed E-state index contributed by atoms with van der Waals surface area (Å²) in [5.74, 6) is -1.94. The quantitative estimate of drug-likeness (QED) is 0.607. The minimum absolute atomic E-state index is 0.137. The lowest BCUT2D eigenvalue weighted by Crippen LogP contribution is -2.41. The van der Waals surface area contributed by atoms with Gasteiger partial charge in [-0.3, -0.25) is 4.79 Å². The van der Waals surface area contributed by atoms with E-state index in [0.717, 1.165) is 23.3 Å². The monoisotopic (exact) mass is 441 g/mol. The molecule has 0 saturated heterocycles. The van der Waals surface area contributed by atoms with Crippen LogP contribution in [-0.2, 0) is 29.2 Å². The summed E-state index contributed by atoms with van der Waals surface area (Å²) in [7, 11) is 1.47. The fourth-order valence-electron chi connectivity index (χ4n) is 3.86. The molecule has 0 radical (unpaired) electrons. The molecule has 32 heavy (non-hydrogen) atoms. The second-order valence-electron chi connectivity index (χ2n) is 7.66. The average Bonchev–Trinajstić information content (AvgIpc) is 3.40. The van der Waals surface area contributed by atoms with E-state index in [9.17, 15) is 13.6 Å². The molecule has 3 heterocycles. The molecule has 1 aliphatic heterocycles. The van der Waals surface area contributed by atoms with E-state index >= 15 is 0 Å². The first kappa shape index (κ1) is 21.7. The Bertz CT molecular complexity index is 1230. The summed E-state index contributed by atoms with van der Waals surface area (Å²) < 4.78 is 39.7. The molecule has 0 aliphatic carbocycles. The van der Waals surface area contributed by atoms with Crippen LogP contribution >= 0.6 is 0 Å². The van der Waals surface area contributed by atoms with Crippen molar-refractivity contribution in [2.24, 2.45) is 0 Å². The van der Waals surface area contributed by atoms with Gasteiger partial charge in [0.15, 0.2) is 0 Å². The van der Waals surface area contributed by atoms with Crippen LogP contribution in [-0.4, -0.2) is 40.5 Å². The average molecular weight is 441 g/mol. The molecule has 0 saturated carbocycles. The SMILES string of the molecule is COC[C@@H](C)N(Cc1c(F)cc(C#N)cc1F)C(=O)c1cc2nc(N)c3c(c2[nH]1)COC3. The topological polar surface area (TPSA) is 117 Å². The third-order valence-corrected chi connectivity index (χ3v) is 5.54. The molecule has 3 N–H and O–H groups in total. The Morgan fingerprint density at radius 2 is 2.03 bits per heavy atom. The highest BCUT2D eigenvalue weighted by molar-refractivity contribution is 5.98. The number of carbonyl (C=O) groups excluding carboxylic acids is 1. The lowest BCUT2D eigenvalue weighted by Gasteiger charge is -2.29. The molecule has 0 bridgehead atoms. The van der Waals surface area contributed by atoms with E-state index in [0.29, 0.717) is 30.1 Å². The Labute approximate surface area is 182 Å². The zero-order valence-corrected chi connectivity index (χ0v) is 17.5. The second-order valence-corrected chi connectivity index (χ2v) is 7.66. The number of amides is 1. The fourth-order valence-corrected chi connectivity index (χ4v) is 3.86. The van der Waals surface area contributed by atoms with Gasteiger partial charge in [-0.05, 0) is 25.1 Å². The van der Waals surface area contributed by atoms with E-state index in [4.69, 9.17) is 20.5 Å². The van der Waals surface area contributed by atoms with Crippen molar-refractivity contribution in [1.29, 1.82) is 5.26 Å². The second kappa shape index (κ2) is 8.53. The first-order valence-corrected chi connectivity index (χ1v) is 9.89. The maximum atomic E-state index is 14.5. The van der Waals surface area contributed by atoms with E-state index in [1.807, 2.05) is 0 Å². The number of rotatable bonds is 6. The van der Waals surface area contributed by atoms with Crippen LogP contribution in [0.2, 0.25) is 0 Å². The summed E-state index contributed by atoms with van der Waals surface area (Å²) in [6, 6.07) is 4.66. The molecular weight excluding hydrogens is 420 g/mol. The molecule has 4 rings (SSSR count). The first-order valence-electron chi connectivity index (χ1n) is 9.89. The van der Waals surface area contributed by atoms with Gasteiger partial charge in [-0.15, -0.1) is 0 Å². The Balaban J connectivity index is 1.73. The highest BCUT2D eigenvalue weighted by Crippen LogP contribution is 2.31. The number of ether oxygens (including phenoxy) is 2. The van der Waals surface area contributed by atoms with E-state index in [1.54, 1.807) is 19.1 Å². The van der Waals surface area contributed by atoms with Gasteiger partial charge in [0, 0.05) is 23.8 Å². The van der Waals surface area contributed by atoms with Gasteiger partial charge in [-0.1, -0.05) is 0 Å². The summed E-state index contributed by atoms with van der Waals surface area (Å²) >= 11 is 0.